The molecule has 0 unspecified atom stereocenters. The van der Waals surface area contributed by atoms with Crippen LogP contribution in [0.3, 0.4) is 0 Å². The highest BCUT2D eigenvalue weighted by molar-refractivity contribution is 5.50. The second-order valence-electron chi connectivity index (χ2n) is 6.80. The molecule has 3 heterocycles. The number of aliphatic hydroxyl groups excluding tert-OH is 1. The normalized spacial score (nSPS) is 22.4. The number of aromatic nitrogens is 2. The first-order chi connectivity index (χ1) is 12.3. The molecule has 0 saturated carbocycles. The van der Waals surface area contributed by atoms with Crippen LogP contribution in [0, 0.1) is 5.92 Å². The van der Waals surface area contributed by atoms with Gasteiger partial charge in [-0.25, -0.2) is 9.97 Å². The number of nitrogens with one attached hydrogen (secondary N) is 1. The zero-order valence-electron chi connectivity index (χ0n) is 14.3. The Kier molecular flexibility index (Phi) is 4.70. The lowest BCUT2D eigenvalue weighted by Crippen LogP contribution is -2.33. The molecule has 2 aliphatic rings. The van der Waals surface area contributed by atoms with E-state index in [9.17, 15) is 5.11 Å². The highest BCUT2D eigenvalue weighted by Crippen LogP contribution is 2.27. The largest absolute Gasteiger partial charge is 0.493 e. The maximum Gasteiger partial charge on any atom is 0.134 e. The van der Waals surface area contributed by atoms with Gasteiger partial charge in [0.05, 0.1) is 19.3 Å². The molecule has 2 aliphatic heterocycles. The molecule has 2 N–H and O–H groups in total. The Morgan fingerprint density at radius 3 is 3.12 bits per heavy atom. The summed E-state index contributed by atoms with van der Waals surface area (Å²) in [5, 5.41) is 12.9. The van der Waals surface area contributed by atoms with E-state index in [0.717, 1.165) is 56.3 Å². The van der Waals surface area contributed by atoms with Gasteiger partial charge in [0.2, 0.25) is 0 Å². The molecule has 132 valence electrons. The summed E-state index contributed by atoms with van der Waals surface area (Å²) in [6, 6.07) is 10.4. The van der Waals surface area contributed by atoms with E-state index in [1.54, 1.807) is 6.33 Å². The van der Waals surface area contributed by atoms with Gasteiger partial charge in [-0.2, -0.15) is 0 Å². The van der Waals surface area contributed by atoms with Gasteiger partial charge in [-0.3, -0.25) is 0 Å². The first-order valence-corrected chi connectivity index (χ1v) is 8.97. The molecule has 2 atom stereocenters. The molecule has 6 nitrogen and oxygen atoms in total. The van der Waals surface area contributed by atoms with Gasteiger partial charge in [-0.1, -0.05) is 18.2 Å². The van der Waals surface area contributed by atoms with Gasteiger partial charge < -0.3 is 20.1 Å². The summed E-state index contributed by atoms with van der Waals surface area (Å²) in [7, 11) is 0. The van der Waals surface area contributed by atoms with E-state index in [2.05, 4.69) is 32.3 Å². The molecular formula is C19H24N4O2. The highest BCUT2D eigenvalue weighted by Gasteiger charge is 2.25. The van der Waals surface area contributed by atoms with Crippen LogP contribution in [0.5, 0.6) is 5.75 Å². The van der Waals surface area contributed by atoms with Crippen LogP contribution >= 0.6 is 0 Å². The van der Waals surface area contributed by atoms with Crippen molar-refractivity contribution in [2.45, 2.75) is 25.3 Å². The first-order valence-electron chi connectivity index (χ1n) is 8.97. The molecule has 1 saturated heterocycles. The van der Waals surface area contributed by atoms with Gasteiger partial charge in [-0.05, 0) is 30.9 Å². The van der Waals surface area contributed by atoms with E-state index in [1.807, 2.05) is 18.2 Å². The van der Waals surface area contributed by atoms with Crippen molar-refractivity contribution in [3.8, 4) is 5.75 Å². The number of para-hydroxylation sites is 1. The predicted molar refractivity (Wildman–Crippen MR) is 97.1 cm³/mol. The quantitative estimate of drug-likeness (QED) is 0.869. The molecule has 1 aromatic carbocycles. The lowest BCUT2D eigenvalue weighted by molar-refractivity contribution is 0.229. The Hall–Kier alpha value is -2.34. The Morgan fingerprint density at radius 2 is 2.20 bits per heavy atom. The summed E-state index contributed by atoms with van der Waals surface area (Å²) in [6.45, 7) is 2.65. The number of benzene rings is 1. The van der Waals surface area contributed by atoms with Gasteiger partial charge in [0.25, 0.3) is 0 Å². The fourth-order valence-corrected chi connectivity index (χ4v) is 3.70. The van der Waals surface area contributed by atoms with Crippen LogP contribution in [-0.4, -0.2) is 47.4 Å². The van der Waals surface area contributed by atoms with Gasteiger partial charge in [0, 0.05) is 25.1 Å². The van der Waals surface area contributed by atoms with Crippen molar-refractivity contribution in [2.24, 2.45) is 5.92 Å². The third-order valence-corrected chi connectivity index (χ3v) is 5.06. The van der Waals surface area contributed by atoms with Crippen molar-refractivity contribution in [1.82, 2.24) is 9.97 Å². The molecule has 0 aliphatic carbocycles. The molecule has 6 heteroatoms. The minimum Gasteiger partial charge on any atom is -0.493 e. The molecule has 1 fully saturated rings. The number of aliphatic hydroxyl groups is 1. The summed E-state index contributed by atoms with van der Waals surface area (Å²) in [5.41, 5.74) is 1.27. The van der Waals surface area contributed by atoms with E-state index < -0.39 is 0 Å². The van der Waals surface area contributed by atoms with Crippen molar-refractivity contribution in [3.63, 3.8) is 0 Å². The Morgan fingerprint density at radius 1 is 1.28 bits per heavy atom. The van der Waals surface area contributed by atoms with Crippen molar-refractivity contribution < 1.29 is 9.84 Å². The monoisotopic (exact) mass is 340 g/mol. The maximum atomic E-state index is 9.51. The van der Waals surface area contributed by atoms with Crippen LogP contribution in [-0.2, 0) is 6.42 Å². The number of ether oxygens (including phenoxy) is 1. The average Bonchev–Trinajstić information content (AvgIpc) is 3.15. The molecule has 0 bridgehead atoms. The Labute approximate surface area is 147 Å². The molecular weight excluding hydrogens is 316 g/mol. The van der Waals surface area contributed by atoms with Crippen LogP contribution < -0.4 is 15.0 Å². The van der Waals surface area contributed by atoms with Gasteiger partial charge in [-0.15, -0.1) is 0 Å². The third-order valence-electron chi connectivity index (χ3n) is 5.06. The molecule has 25 heavy (non-hydrogen) atoms. The SMILES string of the molecule is OC[C@H]1CCCN1c1cc(NC[C@@H]2COc3ccccc3C2)ncn1. The van der Waals surface area contributed by atoms with Crippen LogP contribution in [0.15, 0.2) is 36.7 Å². The smallest absolute Gasteiger partial charge is 0.134 e. The number of fused-ring (bicyclic) bond motifs is 1. The maximum absolute atomic E-state index is 9.51. The lowest BCUT2D eigenvalue weighted by Gasteiger charge is -2.26. The zero-order valence-corrected chi connectivity index (χ0v) is 14.3. The van der Waals surface area contributed by atoms with Crippen LogP contribution in [0.4, 0.5) is 11.6 Å². The standard InChI is InChI=1S/C19H24N4O2/c24-11-16-5-3-7-23(16)19-9-18(21-13-22-19)20-10-14-8-15-4-1-2-6-17(15)25-12-14/h1-2,4,6,9,13-14,16,24H,3,5,7-8,10-12H2,(H,20,21,22)/t14-,16-/m1/s1. The van der Waals surface area contributed by atoms with Gasteiger partial charge in [0.15, 0.2) is 0 Å². The van der Waals surface area contributed by atoms with E-state index in [-0.39, 0.29) is 12.6 Å². The molecule has 4 rings (SSSR count). The van der Waals surface area contributed by atoms with E-state index in [4.69, 9.17) is 4.74 Å². The Balaban J connectivity index is 1.38. The van der Waals surface area contributed by atoms with Gasteiger partial charge in [0.1, 0.15) is 23.7 Å². The Bertz CT molecular complexity index is 724. The van der Waals surface area contributed by atoms with Crippen molar-refractivity contribution in [3.05, 3.63) is 42.2 Å². The van der Waals surface area contributed by atoms with E-state index >= 15 is 0 Å². The number of anilines is 2. The number of hydrogen-bond donors (Lipinski definition) is 2. The van der Waals surface area contributed by atoms with Gasteiger partial charge >= 0.3 is 0 Å². The summed E-state index contributed by atoms with van der Waals surface area (Å²) >= 11 is 0. The summed E-state index contributed by atoms with van der Waals surface area (Å²) < 4.78 is 5.85. The zero-order chi connectivity index (χ0) is 17.1. The number of hydrogen-bond acceptors (Lipinski definition) is 6. The third kappa shape index (κ3) is 3.54. The first kappa shape index (κ1) is 16.1. The summed E-state index contributed by atoms with van der Waals surface area (Å²) in [4.78, 5) is 10.9. The minimum atomic E-state index is 0.172. The molecule has 0 radical (unpaired) electrons. The number of rotatable bonds is 5. The lowest BCUT2D eigenvalue weighted by atomic mass is 9.97. The van der Waals surface area contributed by atoms with Crippen molar-refractivity contribution in [1.29, 1.82) is 0 Å². The van der Waals surface area contributed by atoms with E-state index in [1.165, 1.54) is 5.56 Å². The topological polar surface area (TPSA) is 70.5 Å². The van der Waals surface area contributed by atoms with Crippen molar-refractivity contribution >= 4 is 11.6 Å². The molecule has 0 amide bonds. The number of nitrogens with zero attached hydrogens (tertiary/aromatic N) is 3. The molecule has 1 aromatic heterocycles. The summed E-state index contributed by atoms with van der Waals surface area (Å²) in [5.74, 6) is 3.14. The van der Waals surface area contributed by atoms with Crippen LogP contribution in [0.2, 0.25) is 0 Å². The van der Waals surface area contributed by atoms with Crippen LogP contribution in [0.25, 0.3) is 0 Å². The highest BCUT2D eigenvalue weighted by atomic mass is 16.5. The minimum absolute atomic E-state index is 0.172. The predicted octanol–water partition coefficient (Wildman–Crippen LogP) is 2.10. The fourth-order valence-electron chi connectivity index (χ4n) is 3.70. The second-order valence-corrected chi connectivity index (χ2v) is 6.80. The molecule has 2 aromatic rings. The average molecular weight is 340 g/mol. The fraction of sp³-hybridized carbons (Fsp3) is 0.474. The van der Waals surface area contributed by atoms with Crippen LogP contribution in [0.1, 0.15) is 18.4 Å². The van der Waals surface area contributed by atoms with Crippen molar-refractivity contribution in [2.75, 3.05) is 36.5 Å². The van der Waals surface area contributed by atoms with E-state index in [0.29, 0.717) is 5.92 Å². The second kappa shape index (κ2) is 7.27. The summed E-state index contributed by atoms with van der Waals surface area (Å²) in [6.07, 6.45) is 4.72. The molecule has 0 spiro atoms.